The Morgan fingerprint density at radius 3 is 2.54 bits per heavy atom. The predicted molar refractivity (Wildman–Crippen MR) is 103 cm³/mol. The van der Waals surface area contributed by atoms with Crippen LogP contribution < -0.4 is 5.32 Å². The molecule has 0 saturated carbocycles. The van der Waals surface area contributed by atoms with E-state index in [1.807, 2.05) is 30.5 Å². The van der Waals surface area contributed by atoms with Gasteiger partial charge in [-0.25, -0.2) is 0 Å². The summed E-state index contributed by atoms with van der Waals surface area (Å²) in [6, 6.07) is 11.8. The molecule has 2 aromatic heterocycles. The van der Waals surface area contributed by atoms with Gasteiger partial charge in [0.2, 0.25) is 0 Å². The zero-order chi connectivity index (χ0) is 19.6. The molecule has 146 valence electrons. The number of halogens is 3. The Kier molecular flexibility index (Phi) is 5.17. The zero-order valence-corrected chi connectivity index (χ0v) is 15.3. The van der Waals surface area contributed by atoms with E-state index in [-0.39, 0.29) is 6.04 Å². The van der Waals surface area contributed by atoms with E-state index in [9.17, 15) is 13.2 Å². The maximum Gasteiger partial charge on any atom is 0.416 e. The molecule has 7 heteroatoms. The molecule has 0 bridgehead atoms. The highest BCUT2D eigenvalue weighted by atomic mass is 19.4. The Balaban J connectivity index is 1.42. The molecule has 0 amide bonds. The van der Waals surface area contributed by atoms with Gasteiger partial charge in [0.05, 0.1) is 16.8 Å². The normalized spacial score (nSPS) is 16.4. The third-order valence-corrected chi connectivity index (χ3v) is 5.13. The van der Waals surface area contributed by atoms with E-state index in [1.165, 1.54) is 6.07 Å². The summed E-state index contributed by atoms with van der Waals surface area (Å²) in [7, 11) is 0. The second kappa shape index (κ2) is 7.75. The van der Waals surface area contributed by atoms with Crippen molar-refractivity contribution in [2.45, 2.75) is 31.6 Å². The molecule has 1 N–H and O–H groups in total. The first-order valence-electron chi connectivity index (χ1n) is 9.34. The van der Waals surface area contributed by atoms with Crippen molar-refractivity contribution in [3.8, 4) is 0 Å². The van der Waals surface area contributed by atoms with Gasteiger partial charge >= 0.3 is 6.18 Å². The quantitative estimate of drug-likeness (QED) is 0.704. The van der Waals surface area contributed by atoms with Crippen LogP contribution in [0.5, 0.6) is 0 Å². The number of fused-ring (bicyclic) bond motifs is 1. The molecule has 0 radical (unpaired) electrons. The smallest absolute Gasteiger partial charge is 0.382 e. The van der Waals surface area contributed by atoms with Crippen molar-refractivity contribution < 1.29 is 13.2 Å². The first-order valence-corrected chi connectivity index (χ1v) is 9.34. The number of likely N-dealkylation sites (tertiary alicyclic amines) is 1. The Labute approximate surface area is 161 Å². The van der Waals surface area contributed by atoms with Crippen LogP contribution in [0.4, 0.5) is 18.9 Å². The standard InChI is InChI=1S/C21H21F3N4/c22-21(23,24)15-4-5-18-19(6-10-26-20(18)13-15)27-16-7-11-28(12-8-16)14-17-3-1-2-9-25-17/h1-6,9-10,13,16H,7-8,11-12,14H2,(H,26,27). The second-order valence-electron chi connectivity index (χ2n) is 7.10. The van der Waals surface area contributed by atoms with Crippen molar-refractivity contribution in [1.29, 1.82) is 0 Å². The Morgan fingerprint density at radius 2 is 1.82 bits per heavy atom. The number of anilines is 1. The summed E-state index contributed by atoms with van der Waals surface area (Å²) in [5.41, 5.74) is 1.58. The van der Waals surface area contributed by atoms with Gasteiger partial charge in [0.25, 0.3) is 0 Å². The average molecular weight is 386 g/mol. The number of aromatic nitrogens is 2. The van der Waals surface area contributed by atoms with Crippen LogP contribution in [0.1, 0.15) is 24.1 Å². The summed E-state index contributed by atoms with van der Waals surface area (Å²) < 4.78 is 38.8. The summed E-state index contributed by atoms with van der Waals surface area (Å²) in [5.74, 6) is 0. The van der Waals surface area contributed by atoms with Crippen molar-refractivity contribution >= 4 is 16.6 Å². The molecule has 1 aliphatic rings. The molecule has 1 aromatic carbocycles. The molecule has 1 aliphatic heterocycles. The minimum Gasteiger partial charge on any atom is -0.382 e. The molecule has 28 heavy (non-hydrogen) atoms. The van der Waals surface area contributed by atoms with Gasteiger partial charge in [-0.3, -0.25) is 14.9 Å². The van der Waals surface area contributed by atoms with Gasteiger partial charge in [0.15, 0.2) is 0 Å². The molecule has 4 rings (SSSR count). The van der Waals surface area contributed by atoms with E-state index in [1.54, 1.807) is 6.20 Å². The van der Waals surface area contributed by atoms with Gasteiger partial charge in [-0.1, -0.05) is 12.1 Å². The Morgan fingerprint density at radius 1 is 1.00 bits per heavy atom. The summed E-state index contributed by atoms with van der Waals surface area (Å²) in [4.78, 5) is 10.9. The van der Waals surface area contributed by atoms with E-state index < -0.39 is 11.7 Å². The topological polar surface area (TPSA) is 41.0 Å². The number of alkyl halides is 3. The lowest BCUT2D eigenvalue weighted by Gasteiger charge is -2.32. The SMILES string of the molecule is FC(F)(F)c1ccc2c(NC3CCN(Cc4ccccn4)CC3)ccnc2c1. The highest BCUT2D eigenvalue weighted by molar-refractivity contribution is 5.91. The van der Waals surface area contributed by atoms with E-state index in [4.69, 9.17) is 0 Å². The van der Waals surface area contributed by atoms with Crippen molar-refractivity contribution in [1.82, 2.24) is 14.9 Å². The van der Waals surface area contributed by atoms with Gasteiger partial charge in [0, 0.05) is 49.1 Å². The molecule has 3 aromatic rings. The monoisotopic (exact) mass is 386 g/mol. The lowest BCUT2D eigenvalue weighted by Crippen LogP contribution is -2.38. The first kappa shape index (κ1) is 18.7. The van der Waals surface area contributed by atoms with E-state index >= 15 is 0 Å². The fraction of sp³-hybridized carbons (Fsp3) is 0.333. The lowest BCUT2D eigenvalue weighted by atomic mass is 10.0. The molecule has 0 spiro atoms. The molecule has 1 fully saturated rings. The molecule has 3 heterocycles. The number of rotatable bonds is 4. The van der Waals surface area contributed by atoms with E-state index in [0.29, 0.717) is 10.9 Å². The largest absolute Gasteiger partial charge is 0.416 e. The minimum atomic E-state index is -4.36. The Bertz CT molecular complexity index is 935. The third-order valence-electron chi connectivity index (χ3n) is 5.13. The van der Waals surface area contributed by atoms with E-state index in [2.05, 4.69) is 20.2 Å². The third kappa shape index (κ3) is 4.25. The van der Waals surface area contributed by atoms with Gasteiger partial charge < -0.3 is 5.32 Å². The van der Waals surface area contributed by atoms with Gasteiger partial charge in [-0.05, 0) is 43.2 Å². The first-order chi connectivity index (χ1) is 13.5. The van der Waals surface area contributed by atoms with Crippen molar-refractivity contribution in [3.05, 3.63) is 66.1 Å². The molecule has 0 atom stereocenters. The molecule has 0 unspecified atom stereocenters. The van der Waals surface area contributed by atoms with Gasteiger partial charge in [-0.2, -0.15) is 13.2 Å². The van der Waals surface area contributed by atoms with Crippen LogP contribution in [0.2, 0.25) is 0 Å². The molecule has 4 nitrogen and oxygen atoms in total. The highest BCUT2D eigenvalue weighted by Crippen LogP contribution is 2.33. The van der Waals surface area contributed by atoms with Crippen LogP contribution in [0.15, 0.2) is 54.9 Å². The average Bonchev–Trinajstić information content (AvgIpc) is 2.69. The van der Waals surface area contributed by atoms with Gasteiger partial charge in [-0.15, -0.1) is 0 Å². The fourth-order valence-electron chi connectivity index (χ4n) is 3.63. The minimum absolute atomic E-state index is 0.285. The van der Waals surface area contributed by atoms with Crippen LogP contribution in [-0.4, -0.2) is 34.0 Å². The molecule has 0 aliphatic carbocycles. The van der Waals surface area contributed by atoms with Crippen LogP contribution >= 0.6 is 0 Å². The number of benzene rings is 1. The summed E-state index contributed by atoms with van der Waals surface area (Å²) in [5, 5.41) is 4.22. The van der Waals surface area contributed by atoms with Crippen molar-refractivity contribution in [3.63, 3.8) is 0 Å². The maximum absolute atomic E-state index is 12.9. The van der Waals surface area contributed by atoms with Crippen molar-refractivity contribution in [2.24, 2.45) is 0 Å². The number of piperidine rings is 1. The van der Waals surface area contributed by atoms with Crippen LogP contribution in [0, 0.1) is 0 Å². The number of nitrogens with one attached hydrogen (secondary N) is 1. The van der Waals surface area contributed by atoms with Gasteiger partial charge in [0.1, 0.15) is 0 Å². The lowest BCUT2D eigenvalue weighted by molar-refractivity contribution is -0.137. The second-order valence-corrected chi connectivity index (χ2v) is 7.10. The number of nitrogens with zero attached hydrogens (tertiary/aromatic N) is 3. The Hall–Kier alpha value is -2.67. The number of hydrogen-bond acceptors (Lipinski definition) is 4. The van der Waals surface area contributed by atoms with Crippen molar-refractivity contribution in [2.75, 3.05) is 18.4 Å². The van der Waals surface area contributed by atoms with E-state index in [0.717, 1.165) is 56.0 Å². The van der Waals surface area contributed by atoms with Crippen LogP contribution in [0.3, 0.4) is 0 Å². The van der Waals surface area contributed by atoms with Crippen LogP contribution in [-0.2, 0) is 12.7 Å². The fourth-order valence-corrected chi connectivity index (χ4v) is 3.63. The highest BCUT2D eigenvalue weighted by Gasteiger charge is 2.30. The zero-order valence-electron chi connectivity index (χ0n) is 15.3. The predicted octanol–water partition coefficient (Wildman–Crippen LogP) is 4.73. The summed E-state index contributed by atoms with van der Waals surface area (Å²) in [6.45, 7) is 2.75. The number of hydrogen-bond donors (Lipinski definition) is 1. The molecular formula is C21H21F3N4. The summed E-state index contributed by atoms with van der Waals surface area (Å²) >= 11 is 0. The molecule has 1 saturated heterocycles. The maximum atomic E-state index is 12.9. The van der Waals surface area contributed by atoms with Crippen LogP contribution in [0.25, 0.3) is 10.9 Å². The molecular weight excluding hydrogens is 365 g/mol. The summed E-state index contributed by atoms with van der Waals surface area (Å²) in [6.07, 6.45) is 0.942. The number of pyridine rings is 2.